The van der Waals surface area contributed by atoms with E-state index in [9.17, 15) is 18.8 Å². The van der Waals surface area contributed by atoms with Gasteiger partial charge in [-0.05, 0) is 18.2 Å². The van der Waals surface area contributed by atoms with Crippen LogP contribution in [0.25, 0.3) is 0 Å². The van der Waals surface area contributed by atoms with Gasteiger partial charge in [0, 0.05) is 23.3 Å². The summed E-state index contributed by atoms with van der Waals surface area (Å²) in [4.78, 5) is 41.3. The minimum absolute atomic E-state index is 0.0114. The Morgan fingerprint density at radius 1 is 1.07 bits per heavy atom. The number of rotatable bonds is 5. The summed E-state index contributed by atoms with van der Waals surface area (Å²) in [6, 6.07) is 10.2. The largest absolute Gasteiger partial charge is 0.383 e. The van der Waals surface area contributed by atoms with Gasteiger partial charge in [0.1, 0.15) is 5.82 Å². The van der Waals surface area contributed by atoms with E-state index < -0.39 is 29.2 Å². The number of benzene rings is 2. The smallest absolute Gasteiger partial charge is 0.325 e. The molecule has 4 amide bonds. The lowest BCUT2D eigenvalue weighted by molar-refractivity contribution is -0.138. The molecule has 0 radical (unpaired) electrons. The molecule has 1 atom stereocenters. The Bertz CT molecular complexity index is 1010. The van der Waals surface area contributed by atoms with Crippen molar-refractivity contribution in [2.75, 3.05) is 25.2 Å². The number of hydrogen-bond acceptors (Lipinski definition) is 4. The lowest BCUT2D eigenvalue weighted by Crippen LogP contribution is -2.52. The molecule has 4 rings (SSSR count). The number of amides is 4. The fraction of sp³-hybridized carbons (Fsp3) is 0.250. The molecule has 1 N–H and O–H groups in total. The Morgan fingerprint density at radius 3 is 2.52 bits per heavy atom. The van der Waals surface area contributed by atoms with Gasteiger partial charge >= 0.3 is 6.03 Å². The highest BCUT2D eigenvalue weighted by molar-refractivity contribution is 6.31. The standard InChI is InChI=1S/C20H17ClFN3O4/c1-29-10-9-24-17(26)20(23-19(24)28)13-5-2-3-8-16(13)25(18(20)27)11-12-14(21)6-4-7-15(12)22/h2-8H,9-11H2,1H3,(H,23,28). The molecule has 2 aromatic rings. The Morgan fingerprint density at radius 2 is 1.79 bits per heavy atom. The molecule has 9 heteroatoms. The third-order valence-electron chi connectivity index (χ3n) is 5.17. The van der Waals surface area contributed by atoms with Gasteiger partial charge in [-0.15, -0.1) is 0 Å². The van der Waals surface area contributed by atoms with E-state index in [1.807, 2.05) is 0 Å². The number of carbonyl (C=O) groups excluding carboxylic acids is 3. The van der Waals surface area contributed by atoms with Gasteiger partial charge in [0.15, 0.2) is 0 Å². The number of para-hydroxylation sites is 1. The van der Waals surface area contributed by atoms with Crippen molar-refractivity contribution in [3.63, 3.8) is 0 Å². The molecular formula is C20H17ClFN3O4. The van der Waals surface area contributed by atoms with Crippen LogP contribution in [0.3, 0.4) is 0 Å². The second-order valence-electron chi connectivity index (χ2n) is 6.74. The molecule has 1 fully saturated rings. The topological polar surface area (TPSA) is 79.0 Å². The quantitative estimate of drug-likeness (QED) is 0.598. The molecule has 29 heavy (non-hydrogen) atoms. The molecule has 1 saturated heterocycles. The van der Waals surface area contributed by atoms with Crippen LogP contribution in [0.1, 0.15) is 11.1 Å². The van der Waals surface area contributed by atoms with Gasteiger partial charge in [0.25, 0.3) is 11.8 Å². The molecule has 0 bridgehead atoms. The first-order chi connectivity index (χ1) is 13.9. The summed E-state index contributed by atoms with van der Waals surface area (Å²) in [7, 11) is 1.45. The summed E-state index contributed by atoms with van der Waals surface area (Å²) in [5.41, 5.74) is -0.990. The maximum absolute atomic E-state index is 14.3. The van der Waals surface area contributed by atoms with Crippen molar-refractivity contribution in [1.29, 1.82) is 0 Å². The number of urea groups is 1. The van der Waals surface area contributed by atoms with E-state index in [0.29, 0.717) is 11.3 Å². The number of hydrogen-bond donors (Lipinski definition) is 1. The van der Waals surface area contributed by atoms with E-state index in [0.717, 1.165) is 4.90 Å². The van der Waals surface area contributed by atoms with Gasteiger partial charge < -0.3 is 15.0 Å². The lowest BCUT2D eigenvalue weighted by Gasteiger charge is -2.22. The summed E-state index contributed by atoms with van der Waals surface area (Å²) >= 11 is 6.13. The fourth-order valence-electron chi connectivity index (χ4n) is 3.74. The second kappa shape index (κ2) is 7.13. The van der Waals surface area contributed by atoms with E-state index in [4.69, 9.17) is 16.3 Å². The summed E-state index contributed by atoms with van der Waals surface area (Å²) in [5, 5.41) is 2.72. The molecule has 2 aliphatic rings. The van der Waals surface area contributed by atoms with Crippen molar-refractivity contribution in [1.82, 2.24) is 10.2 Å². The molecule has 2 heterocycles. The Hall–Kier alpha value is -2.97. The number of anilines is 1. The minimum Gasteiger partial charge on any atom is -0.383 e. The van der Waals surface area contributed by atoms with E-state index in [-0.39, 0.29) is 30.3 Å². The van der Waals surface area contributed by atoms with Gasteiger partial charge in [-0.3, -0.25) is 14.5 Å². The second-order valence-corrected chi connectivity index (χ2v) is 7.15. The van der Waals surface area contributed by atoms with Crippen LogP contribution < -0.4 is 10.2 Å². The molecule has 7 nitrogen and oxygen atoms in total. The first kappa shape index (κ1) is 19.4. The SMILES string of the molecule is COCCN1C(=O)NC2(C1=O)C(=O)N(Cc1c(F)cccc1Cl)c1ccccc12. The first-order valence-corrected chi connectivity index (χ1v) is 9.27. The zero-order valence-corrected chi connectivity index (χ0v) is 16.2. The van der Waals surface area contributed by atoms with Crippen molar-refractivity contribution in [3.05, 3.63) is 64.4 Å². The van der Waals surface area contributed by atoms with Crippen LogP contribution in [-0.4, -0.2) is 43.0 Å². The van der Waals surface area contributed by atoms with Crippen LogP contribution in [-0.2, 0) is 26.4 Å². The molecule has 0 aromatic heterocycles. The van der Waals surface area contributed by atoms with E-state index >= 15 is 0 Å². The van der Waals surface area contributed by atoms with Crippen LogP contribution in [0.5, 0.6) is 0 Å². The third kappa shape index (κ3) is 2.79. The van der Waals surface area contributed by atoms with E-state index in [1.54, 1.807) is 24.3 Å². The highest BCUT2D eigenvalue weighted by atomic mass is 35.5. The van der Waals surface area contributed by atoms with Crippen LogP contribution in [0.4, 0.5) is 14.9 Å². The van der Waals surface area contributed by atoms with Crippen LogP contribution in [0.2, 0.25) is 5.02 Å². The van der Waals surface area contributed by atoms with Gasteiger partial charge in [0.2, 0.25) is 5.54 Å². The van der Waals surface area contributed by atoms with Crippen molar-refractivity contribution >= 4 is 35.1 Å². The van der Waals surface area contributed by atoms with Crippen LogP contribution in [0, 0.1) is 5.82 Å². The average molecular weight is 418 g/mol. The van der Waals surface area contributed by atoms with Gasteiger partial charge in [-0.1, -0.05) is 35.9 Å². The van der Waals surface area contributed by atoms with Crippen LogP contribution >= 0.6 is 11.6 Å². The highest BCUT2D eigenvalue weighted by Gasteiger charge is 2.63. The number of methoxy groups -OCH3 is 1. The van der Waals surface area contributed by atoms with Gasteiger partial charge in [-0.2, -0.15) is 0 Å². The fourth-order valence-corrected chi connectivity index (χ4v) is 3.96. The number of carbonyl (C=O) groups is 3. The summed E-state index contributed by atoms with van der Waals surface area (Å²) in [6.07, 6.45) is 0. The average Bonchev–Trinajstić information content (AvgIpc) is 3.09. The molecule has 0 aliphatic carbocycles. The Kier molecular flexibility index (Phi) is 4.76. The van der Waals surface area contributed by atoms with Crippen molar-refractivity contribution in [2.45, 2.75) is 12.1 Å². The number of ether oxygens (including phenoxy) is 1. The van der Waals surface area contributed by atoms with Crippen molar-refractivity contribution < 1.29 is 23.5 Å². The van der Waals surface area contributed by atoms with Crippen molar-refractivity contribution in [3.8, 4) is 0 Å². The monoisotopic (exact) mass is 417 g/mol. The maximum atomic E-state index is 14.3. The number of nitrogens with one attached hydrogen (secondary N) is 1. The summed E-state index contributed by atoms with van der Waals surface area (Å²) in [6.45, 7) is -0.0263. The van der Waals surface area contributed by atoms with E-state index in [1.165, 1.54) is 30.2 Å². The van der Waals surface area contributed by atoms with Gasteiger partial charge in [-0.25, -0.2) is 9.18 Å². The zero-order chi connectivity index (χ0) is 20.8. The molecular weight excluding hydrogens is 401 g/mol. The maximum Gasteiger partial charge on any atom is 0.325 e. The predicted molar refractivity (Wildman–Crippen MR) is 103 cm³/mol. The number of nitrogens with zero attached hydrogens (tertiary/aromatic N) is 2. The minimum atomic E-state index is -1.88. The molecule has 2 aliphatic heterocycles. The Balaban J connectivity index is 1.78. The third-order valence-corrected chi connectivity index (χ3v) is 5.52. The molecule has 0 saturated carbocycles. The number of imide groups is 1. The zero-order valence-electron chi connectivity index (χ0n) is 15.4. The van der Waals surface area contributed by atoms with E-state index in [2.05, 4.69) is 5.32 Å². The predicted octanol–water partition coefficient (Wildman–Crippen LogP) is 2.42. The Labute approximate surface area is 171 Å². The lowest BCUT2D eigenvalue weighted by atomic mass is 9.91. The number of halogens is 2. The molecule has 2 aromatic carbocycles. The number of fused-ring (bicyclic) bond motifs is 2. The highest BCUT2D eigenvalue weighted by Crippen LogP contribution is 2.44. The normalized spacial score (nSPS) is 20.6. The first-order valence-electron chi connectivity index (χ1n) is 8.89. The molecule has 150 valence electrons. The molecule has 1 spiro atoms. The molecule has 1 unspecified atom stereocenters. The summed E-state index contributed by atoms with van der Waals surface area (Å²) < 4.78 is 19.3. The van der Waals surface area contributed by atoms with Crippen LogP contribution in [0.15, 0.2) is 42.5 Å². The van der Waals surface area contributed by atoms with Crippen molar-refractivity contribution in [2.24, 2.45) is 0 Å². The summed E-state index contributed by atoms with van der Waals surface area (Å²) in [5.74, 6) is -1.90. The van der Waals surface area contributed by atoms with Gasteiger partial charge in [0.05, 0.1) is 25.4 Å².